The molecule has 1 heterocycles. The Morgan fingerprint density at radius 1 is 0.816 bits per heavy atom. The van der Waals surface area contributed by atoms with Gasteiger partial charge in [-0.3, -0.25) is 0 Å². The highest BCUT2D eigenvalue weighted by molar-refractivity contribution is 5.81. The Balaban J connectivity index is 0.000000617. The van der Waals surface area contributed by atoms with Gasteiger partial charge in [0.25, 0.3) is 0 Å². The van der Waals surface area contributed by atoms with Crippen molar-refractivity contribution in [3.8, 4) is 0 Å². The molecular weight excluding hydrogens is 498 g/mol. The summed E-state index contributed by atoms with van der Waals surface area (Å²) in [7, 11) is -4.94. The third-order valence-corrected chi connectivity index (χ3v) is 12.5. The van der Waals surface area contributed by atoms with E-state index in [0.717, 1.165) is 41.4 Å². The van der Waals surface area contributed by atoms with Gasteiger partial charge < -0.3 is 0 Å². The molecule has 220 valence electrons. The summed E-state index contributed by atoms with van der Waals surface area (Å²) in [5, 5.41) is 0. The molecule has 0 amide bonds. The van der Waals surface area contributed by atoms with E-state index in [1.165, 1.54) is 77.3 Å². The van der Waals surface area contributed by atoms with E-state index in [1.54, 1.807) is 32.1 Å². The van der Waals surface area contributed by atoms with Crippen LogP contribution >= 0.6 is 0 Å². The Labute approximate surface area is 235 Å². The van der Waals surface area contributed by atoms with Crippen molar-refractivity contribution in [3.63, 3.8) is 0 Å². The van der Waals surface area contributed by atoms with Crippen LogP contribution in [0.2, 0.25) is 0 Å². The minimum atomic E-state index is -4.94. The van der Waals surface area contributed by atoms with Crippen LogP contribution in [-0.4, -0.2) is 23.4 Å². The number of hydrogen-bond donors (Lipinski definition) is 0. The molecule has 4 saturated carbocycles. The summed E-state index contributed by atoms with van der Waals surface area (Å²) in [5.74, 6) is 6.94. The Kier molecular flexibility index (Phi) is 9.99. The van der Waals surface area contributed by atoms with Crippen LogP contribution in [0.15, 0.2) is 0 Å². The summed E-state index contributed by atoms with van der Waals surface area (Å²) in [5.41, 5.74) is 3.17. The third kappa shape index (κ3) is 6.81. The molecule has 38 heavy (non-hydrogen) atoms. The largest absolute Gasteiger partial charge is 0.237 e. The Morgan fingerprint density at radius 3 is 2.13 bits per heavy atom. The van der Waals surface area contributed by atoms with Crippen LogP contribution in [0.4, 0.5) is 0 Å². The third-order valence-electron chi connectivity index (χ3n) is 12.5. The van der Waals surface area contributed by atoms with Crippen molar-refractivity contribution < 1.29 is 33.5 Å². The average molecular weight is 554 g/mol. The van der Waals surface area contributed by atoms with Crippen molar-refractivity contribution in [2.45, 2.75) is 131 Å². The SMILES string of the molecule is CC(C)CCCC(C)C1CCC2C3CCC4CC(=[N+]5CCCCC5)CCC4(C)C3CCC12C.[O-][Cl+3]([O-])([O-])[O-]. The van der Waals surface area contributed by atoms with E-state index in [4.69, 9.17) is 18.6 Å². The highest BCUT2D eigenvalue weighted by Crippen LogP contribution is 2.68. The lowest BCUT2D eigenvalue weighted by Gasteiger charge is -2.60. The summed E-state index contributed by atoms with van der Waals surface area (Å²) >= 11 is 0. The zero-order valence-corrected chi connectivity index (χ0v) is 25.8. The lowest BCUT2D eigenvalue weighted by atomic mass is 9.44. The van der Waals surface area contributed by atoms with Gasteiger partial charge in [0.1, 0.15) is 13.1 Å². The maximum absolute atomic E-state index is 8.49. The molecular formula is C32H56ClNO4. The Hall–Kier alpha value is -0.200. The number of fused-ring (bicyclic) bond motifs is 5. The molecule has 0 aromatic heterocycles. The standard InChI is InChI=1S/C32H56N.ClHO4/c1-23(2)10-9-11-24(3)28-14-15-29-27-13-12-25-22-26(33-20-7-6-8-21-33)16-18-31(25,4)30(27)17-19-32(28,29)5;2-1(3,4)5/h23-25,27-30H,6-22H2,1-5H3;(H,2,3,4,5)/q+1;/p-1. The van der Waals surface area contributed by atoms with Gasteiger partial charge in [-0.1, -0.05) is 53.9 Å². The summed E-state index contributed by atoms with van der Waals surface area (Å²) in [4.78, 5) is 0. The van der Waals surface area contributed by atoms with Gasteiger partial charge in [-0.2, -0.15) is 0 Å². The maximum atomic E-state index is 8.49. The number of nitrogens with zero attached hydrogens (tertiary/aromatic N) is 1. The predicted octanol–water partition coefficient (Wildman–Crippen LogP) is 3.99. The van der Waals surface area contributed by atoms with Crippen LogP contribution in [0.25, 0.3) is 0 Å². The summed E-state index contributed by atoms with van der Waals surface area (Å²) in [6.07, 6.45) is 22.4. The average Bonchev–Trinajstić information content (AvgIpc) is 3.20. The number of piperidine rings is 1. The van der Waals surface area contributed by atoms with Gasteiger partial charge in [-0.05, 0) is 104 Å². The lowest BCUT2D eigenvalue weighted by Crippen LogP contribution is -2.68. The number of rotatable bonds is 5. The molecule has 5 aliphatic rings. The second-order valence-electron chi connectivity index (χ2n) is 14.9. The van der Waals surface area contributed by atoms with Crippen LogP contribution in [0.3, 0.4) is 0 Å². The molecule has 0 bridgehead atoms. The molecule has 6 heteroatoms. The van der Waals surface area contributed by atoms with Gasteiger partial charge in [0.05, 0.1) is 0 Å². The molecule has 0 spiro atoms. The molecule has 5 rings (SSSR count). The minimum Gasteiger partial charge on any atom is -0.237 e. The molecule has 1 aliphatic heterocycles. The van der Waals surface area contributed by atoms with E-state index in [2.05, 4.69) is 39.2 Å². The Bertz CT molecular complexity index is 811. The van der Waals surface area contributed by atoms with E-state index in [-0.39, 0.29) is 0 Å². The second-order valence-corrected chi connectivity index (χ2v) is 15.6. The molecule has 5 nitrogen and oxygen atoms in total. The molecule has 5 fully saturated rings. The quantitative estimate of drug-likeness (QED) is 0.481. The van der Waals surface area contributed by atoms with Crippen molar-refractivity contribution in [1.29, 1.82) is 0 Å². The Morgan fingerprint density at radius 2 is 1.47 bits per heavy atom. The number of hydrogen-bond acceptors (Lipinski definition) is 4. The van der Waals surface area contributed by atoms with Gasteiger partial charge in [-0.15, -0.1) is 10.2 Å². The van der Waals surface area contributed by atoms with Gasteiger partial charge in [0, 0.05) is 25.7 Å². The van der Waals surface area contributed by atoms with E-state index in [9.17, 15) is 0 Å². The number of halogens is 1. The van der Waals surface area contributed by atoms with Gasteiger partial charge in [0.2, 0.25) is 0 Å². The van der Waals surface area contributed by atoms with Crippen molar-refractivity contribution in [1.82, 2.24) is 0 Å². The molecule has 8 atom stereocenters. The summed E-state index contributed by atoms with van der Waals surface area (Å²) in [6.45, 7) is 15.7. The molecule has 4 aliphatic carbocycles. The first-order valence-electron chi connectivity index (χ1n) is 16.0. The maximum Gasteiger partial charge on any atom is 0.152 e. The van der Waals surface area contributed by atoms with Crippen LogP contribution in [0.1, 0.15) is 131 Å². The molecule has 0 aromatic carbocycles. The van der Waals surface area contributed by atoms with Crippen LogP contribution < -0.4 is 18.6 Å². The van der Waals surface area contributed by atoms with E-state index >= 15 is 0 Å². The summed E-state index contributed by atoms with van der Waals surface area (Å²) < 4.78 is 36.8. The predicted molar refractivity (Wildman–Crippen MR) is 142 cm³/mol. The van der Waals surface area contributed by atoms with E-state index in [1.807, 2.05) is 5.71 Å². The van der Waals surface area contributed by atoms with Crippen molar-refractivity contribution in [3.05, 3.63) is 0 Å². The monoisotopic (exact) mass is 553 g/mol. The highest BCUT2D eigenvalue weighted by atomic mass is 35.7. The first-order valence-corrected chi connectivity index (χ1v) is 17.3. The fraction of sp³-hybridized carbons (Fsp3) is 0.969. The van der Waals surface area contributed by atoms with Gasteiger partial charge in [0.15, 0.2) is 5.71 Å². The van der Waals surface area contributed by atoms with Gasteiger partial charge >= 0.3 is 0 Å². The topological polar surface area (TPSA) is 95.2 Å². The van der Waals surface area contributed by atoms with Crippen molar-refractivity contribution in [2.75, 3.05) is 13.1 Å². The fourth-order valence-corrected chi connectivity index (χ4v) is 10.6. The normalized spacial score (nSPS) is 40.1. The zero-order chi connectivity index (χ0) is 27.7. The first kappa shape index (κ1) is 30.8. The zero-order valence-electron chi connectivity index (χ0n) is 25.0. The lowest BCUT2D eigenvalue weighted by molar-refractivity contribution is -2.00. The molecule has 1 saturated heterocycles. The van der Waals surface area contributed by atoms with Crippen molar-refractivity contribution in [2.24, 2.45) is 52.3 Å². The van der Waals surface area contributed by atoms with Gasteiger partial charge in [-0.25, -0.2) is 23.2 Å². The van der Waals surface area contributed by atoms with Crippen LogP contribution in [0, 0.1) is 62.5 Å². The molecule has 0 radical (unpaired) electrons. The molecule has 8 unspecified atom stereocenters. The summed E-state index contributed by atoms with van der Waals surface area (Å²) in [6, 6.07) is 0. The fourth-order valence-electron chi connectivity index (χ4n) is 10.6. The van der Waals surface area contributed by atoms with E-state index in [0.29, 0.717) is 10.8 Å². The van der Waals surface area contributed by atoms with Crippen LogP contribution in [0.5, 0.6) is 0 Å². The molecule has 0 aromatic rings. The van der Waals surface area contributed by atoms with Crippen LogP contribution in [-0.2, 0) is 0 Å². The minimum absolute atomic E-state index is 0.643. The van der Waals surface area contributed by atoms with E-state index < -0.39 is 10.2 Å². The van der Waals surface area contributed by atoms with Crippen molar-refractivity contribution >= 4 is 5.71 Å². The second kappa shape index (κ2) is 12.3. The highest BCUT2D eigenvalue weighted by Gasteiger charge is 2.60. The first-order chi connectivity index (χ1) is 17.8. The smallest absolute Gasteiger partial charge is 0.152 e. The molecule has 0 N–H and O–H groups in total.